The first kappa shape index (κ1) is 14.0. The molecule has 0 heterocycles. The fourth-order valence-electron chi connectivity index (χ4n) is 1.47. The first-order chi connectivity index (χ1) is 7.67. The highest BCUT2D eigenvalue weighted by Crippen LogP contribution is 2.24. The Labute approximate surface area is 110 Å². The lowest BCUT2D eigenvalue weighted by molar-refractivity contribution is -0.0298. The minimum absolute atomic E-state index is 0.00356. The average molecular weight is 308 g/mol. The van der Waals surface area contributed by atoms with Crippen LogP contribution in [0.25, 0.3) is 0 Å². The van der Waals surface area contributed by atoms with Crippen molar-refractivity contribution in [2.45, 2.75) is 19.1 Å². The Kier molecular flexibility index (Phi) is 6.36. The van der Waals surface area contributed by atoms with E-state index in [0.29, 0.717) is 6.61 Å². The van der Waals surface area contributed by atoms with Crippen LogP contribution in [0.5, 0.6) is 0 Å². The minimum atomic E-state index is 0.00356. The van der Waals surface area contributed by atoms with Gasteiger partial charge in [-0.15, -0.1) is 0 Å². The van der Waals surface area contributed by atoms with Crippen LogP contribution >= 0.6 is 27.5 Å². The van der Waals surface area contributed by atoms with Gasteiger partial charge in [0.15, 0.2) is 0 Å². The average Bonchev–Trinajstić information content (AvgIpc) is 2.26. The molecule has 0 N–H and O–H groups in total. The van der Waals surface area contributed by atoms with E-state index in [-0.39, 0.29) is 12.2 Å². The molecule has 0 amide bonds. The lowest BCUT2D eigenvalue weighted by Crippen LogP contribution is -2.19. The third-order valence-electron chi connectivity index (χ3n) is 2.16. The topological polar surface area (TPSA) is 18.5 Å². The molecule has 0 aliphatic heterocycles. The first-order valence-electron chi connectivity index (χ1n) is 5.13. The van der Waals surface area contributed by atoms with E-state index in [1.165, 1.54) is 0 Å². The van der Waals surface area contributed by atoms with Gasteiger partial charge in [-0.05, 0) is 24.6 Å². The largest absolute Gasteiger partial charge is 0.382 e. The summed E-state index contributed by atoms with van der Waals surface area (Å²) in [4.78, 5) is 0. The predicted octanol–water partition coefficient (Wildman–Crippen LogP) is 3.83. The Bertz CT molecular complexity index is 320. The molecule has 1 aromatic rings. The summed E-state index contributed by atoms with van der Waals surface area (Å²) in [5.41, 5.74) is 1.08. The first-order valence-corrected chi connectivity index (χ1v) is 6.63. The van der Waals surface area contributed by atoms with E-state index >= 15 is 0 Å². The standard InChI is InChI=1S/C12H16BrClO2/c1-9(8-15-2)16-12(7-13)10-4-3-5-11(14)6-10/h3-6,9,12H,7-8H2,1-2H3. The fraction of sp³-hybridized carbons (Fsp3) is 0.500. The van der Waals surface area contributed by atoms with E-state index in [9.17, 15) is 0 Å². The number of hydrogen-bond donors (Lipinski definition) is 0. The number of ether oxygens (including phenoxy) is 2. The molecule has 1 rings (SSSR count). The maximum Gasteiger partial charge on any atom is 0.0926 e. The zero-order valence-electron chi connectivity index (χ0n) is 9.45. The second-order valence-corrected chi connectivity index (χ2v) is 4.68. The third-order valence-corrected chi connectivity index (χ3v) is 2.98. The van der Waals surface area contributed by atoms with Crippen LogP contribution in [0.4, 0.5) is 0 Å². The molecule has 0 aromatic heterocycles. The van der Waals surface area contributed by atoms with Crippen molar-refractivity contribution in [1.82, 2.24) is 0 Å². The number of hydrogen-bond acceptors (Lipinski definition) is 2. The van der Waals surface area contributed by atoms with Crippen LogP contribution in [0.2, 0.25) is 5.02 Å². The molecule has 0 saturated carbocycles. The van der Waals surface area contributed by atoms with E-state index in [2.05, 4.69) is 15.9 Å². The van der Waals surface area contributed by atoms with Crippen LogP contribution < -0.4 is 0 Å². The minimum Gasteiger partial charge on any atom is -0.382 e. The number of benzene rings is 1. The lowest BCUT2D eigenvalue weighted by atomic mass is 10.1. The molecule has 0 bridgehead atoms. The number of halogens is 2. The van der Waals surface area contributed by atoms with Crippen LogP contribution in [-0.2, 0) is 9.47 Å². The summed E-state index contributed by atoms with van der Waals surface area (Å²) >= 11 is 9.40. The lowest BCUT2D eigenvalue weighted by Gasteiger charge is -2.20. The molecule has 0 aliphatic carbocycles. The molecule has 0 fully saturated rings. The Morgan fingerprint density at radius 1 is 1.44 bits per heavy atom. The van der Waals surface area contributed by atoms with Gasteiger partial charge in [-0.2, -0.15) is 0 Å². The van der Waals surface area contributed by atoms with E-state index < -0.39 is 0 Å². The van der Waals surface area contributed by atoms with Crippen LogP contribution in [-0.4, -0.2) is 25.2 Å². The van der Waals surface area contributed by atoms with E-state index in [4.69, 9.17) is 21.1 Å². The summed E-state index contributed by atoms with van der Waals surface area (Å²) in [6.45, 7) is 2.58. The molecular formula is C12H16BrClO2. The maximum atomic E-state index is 5.95. The summed E-state index contributed by atoms with van der Waals surface area (Å²) in [5.74, 6) is 0. The molecule has 4 heteroatoms. The Morgan fingerprint density at radius 2 is 2.19 bits per heavy atom. The van der Waals surface area contributed by atoms with Gasteiger partial charge in [0.05, 0.1) is 18.8 Å². The highest BCUT2D eigenvalue weighted by molar-refractivity contribution is 9.09. The molecule has 0 radical (unpaired) electrons. The van der Waals surface area contributed by atoms with Crippen molar-refractivity contribution in [2.75, 3.05) is 19.0 Å². The summed E-state index contributed by atoms with van der Waals surface area (Å²) < 4.78 is 10.9. The Morgan fingerprint density at radius 3 is 2.75 bits per heavy atom. The zero-order valence-corrected chi connectivity index (χ0v) is 11.8. The van der Waals surface area contributed by atoms with Crippen molar-refractivity contribution in [3.8, 4) is 0 Å². The highest BCUT2D eigenvalue weighted by Gasteiger charge is 2.14. The molecule has 2 atom stereocenters. The molecule has 2 nitrogen and oxygen atoms in total. The maximum absolute atomic E-state index is 5.95. The SMILES string of the molecule is COCC(C)OC(CBr)c1cccc(Cl)c1. The summed E-state index contributed by atoms with van der Waals surface area (Å²) in [6, 6.07) is 7.72. The van der Waals surface area contributed by atoms with Crippen molar-refractivity contribution in [1.29, 1.82) is 0 Å². The van der Waals surface area contributed by atoms with Gasteiger partial charge in [-0.3, -0.25) is 0 Å². The zero-order chi connectivity index (χ0) is 12.0. The van der Waals surface area contributed by atoms with Gasteiger partial charge in [-0.1, -0.05) is 39.7 Å². The van der Waals surface area contributed by atoms with Crippen molar-refractivity contribution in [3.05, 3.63) is 34.9 Å². The van der Waals surface area contributed by atoms with Gasteiger partial charge in [0.2, 0.25) is 0 Å². The molecule has 90 valence electrons. The fourth-order valence-corrected chi connectivity index (χ4v) is 2.19. The monoisotopic (exact) mass is 306 g/mol. The van der Waals surface area contributed by atoms with Gasteiger partial charge in [-0.25, -0.2) is 0 Å². The third kappa shape index (κ3) is 4.42. The molecule has 2 unspecified atom stereocenters. The summed E-state index contributed by atoms with van der Waals surface area (Å²) in [7, 11) is 1.67. The van der Waals surface area contributed by atoms with Crippen molar-refractivity contribution in [3.63, 3.8) is 0 Å². The normalized spacial score (nSPS) is 14.8. The van der Waals surface area contributed by atoms with Gasteiger partial charge < -0.3 is 9.47 Å². The van der Waals surface area contributed by atoms with Crippen LogP contribution in [0.1, 0.15) is 18.6 Å². The molecule has 1 aromatic carbocycles. The van der Waals surface area contributed by atoms with E-state index in [1.807, 2.05) is 31.2 Å². The summed E-state index contributed by atoms with van der Waals surface area (Å²) in [6.07, 6.45) is 0.0652. The van der Waals surface area contributed by atoms with E-state index in [1.54, 1.807) is 7.11 Å². The molecular weight excluding hydrogens is 291 g/mol. The molecule has 0 aliphatic rings. The molecule has 16 heavy (non-hydrogen) atoms. The van der Waals surface area contributed by atoms with Crippen LogP contribution in [0.15, 0.2) is 24.3 Å². The van der Waals surface area contributed by atoms with Crippen molar-refractivity contribution >= 4 is 27.5 Å². The molecule has 0 saturated heterocycles. The number of rotatable bonds is 6. The quantitative estimate of drug-likeness (QED) is 0.744. The number of alkyl halides is 1. The Balaban J connectivity index is 2.67. The predicted molar refractivity (Wildman–Crippen MR) is 70.4 cm³/mol. The second-order valence-electron chi connectivity index (χ2n) is 3.60. The summed E-state index contributed by atoms with van der Waals surface area (Å²) in [5, 5.41) is 1.47. The Hall–Kier alpha value is -0.0900. The van der Waals surface area contributed by atoms with Crippen molar-refractivity contribution < 1.29 is 9.47 Å². The number of methoxy groups -OCH3 is 1. The van der Waals surface area contributed by atoms with Gasteiger partial charge in [0.1, 0.15) is 0 Å². The smallest absolute Gasteiger partial charge is 0.0926 e. The highest BCUT2D eigenvalue weighted by atomic mass is 79.9. The van der Waals surface area contributed by atoms with Crippen LogP contribution in [0.3, 0.4) is 0 Å². The van der Waals surface area contributed by atoms with Gasteiger partial charge in [0.25, 0.3) is 0 Å². The molecule has 0 spiro atoms. The second kappa shape index (κ2) is 7.28. The van der Waals surface area contributed by atoms with E-state index in [0.717, 1.165) is 15.9 Å². The van der Waals surface area contributed by atoms with Gasteiger partial charge >= 0.3 is 0 Å². The van der Waals surface area contributed by atoms with Crippen molar-refractivity contribution in [2.24, 2.45) is 0 Å². The van der Waals surface area contributed by atoms with Crippen LogP contribution in [0, 0.1) is 0 Å². The van der Waals surface area contributed by atoms with Gasteiger partial charge in [0, 0.05) is 17.5 Å².